The SMILES string of the molecule is Cc1cccc(C)c1C(Nc1ccc(Cl)cc1Cl)C(=O)NCCc1ccncc1. The van der Waals surface area contributed by atoms with E-state index in [1.54, 1.807) is 30.6 Å². The predicted octanol–water partition coefficient (Wildman–Crippen LogP) is 5.52. The minimum Gasteiger partial charge on any atom is -0.369 e. The van der Waals surface area contributed by atoms with Gasteiger partial charge in [0.05, 0.1) is 10.7 Å². The van der Waals surface area contributed by atoms with Crippen LogP contribution in [-0.4, -0.2) is 17.4 Å². The Morgan fingerprint density at radius 3 is 2.38 bits per heavy atom. The third-order valence-corrected chi connectivity index (χ3v) is 5.33. The molecule has 1 heterocycles. The molecule has 0 spiro atoms. The number of anilines is 1. The van der Waals surface area contributed by atoms with Gasteiger partial charge in [-0.2, -0.15) is 0 Å². The molecule has 0 aliphatic heterocycles. The molecule has 1 amide bonds. The summed E-state index contributed by atoms with van der Waals surface area (Å²) in [5, 5.41) is 7.37. The molecule has 2 aromatic carbocycles. The Bertz CT molecular complexity index is 972. The van der Waals surface area contributed by atoms with Crippen molar-refractivity contribution in [3.05, 3.63) is 93.2 Å². The zero-order chi connectivity index (χ0) is 20.8. The lowest BCUT2D eigenvalue weighted by Gasteiger charge is -2.24. The first-order valence-electron chi connectivity index (χ1n) is 9.40. The molecule has 0 saturated carbocycles. The number of amides is 1. The molecule has 0 radical (unpaired) electrons. The largest absolute Gasteiger partial charge is 0.369 e. The fourth-order valence-corrected chi connectivity index (χ4v) is 3.76. The summed E-state index contributed by atoms with van der Waals surface area (Å²) in [5.41, 5.74) is 4.80. The Morgan fingerprint density at radius 2 is 1.72 bits per heavy atom. The summed E-state index contributed by atoms with van der Waals surface area (Å²) < 4.78 is 0. The van der Waals surface area contributed by atoms with Crippen LogP contribution in [-0.2, 0) is 11.2 Å². The Kier molecular flexibility index (Phi) is 7.13. The fraction of sp³-hybridized carbons (Fsp3) is 0.217. The number of nitrogens with one attached hydrogen (secondary N) is 2. The van der Waals surface area contributed by atoms with Gasteiger partial charge in [-0.15, -0.1) is 0 Å². The van der Waals surface area contributed by atoms with Gasteiger partial charge in [-0.25, -0.2) is 0 Å². The molecule has 1 unspecified atom stereocenters. The smallest absolute Gasteiger partial charge is 0.247 e. The van der Waals surface area contributed by atoms with Crippen molar-refractivity contribution in [1.82, 2.24) is 10.3 Å². The molecule has 0 bridgehead atoms. The normalized spacial score (nSPS) is 11.7. The van der Waals surface area contributed by atoms with Crippen molar-refractivity contribution < 1.29 is 4.79 Å². The van der Waals surface area contributed by atoms with Gasteiger partial charge in [-0.1, -0.05) is 41.4 Å². The number of carbonyl (C=O) groups is 1. The number of hydrogen-bond donors (Lipinski definition) is 2. The van der Waals surface area contributed by atoms with Crippen LogP contribution >= 0.6 is 23.2 Å². The Morgan fingerprint density at radius 1 is 1.03 bits per heavy atom. The number of aromatic nitrogens is 1. The van der Waals surface area contributed by atoms with Gasteiger partial charge < -0.3 is 10.6 Å². The van der Waals surface area contributed by atoms with E-state index >= 15 is 0 Å². The number of nitrogens with zero attached hydrogens (tertiary/aromatic N) is 1. The highest BCUT2D eigenvalue weighted by atomic mass is 35.5. The standard InChI is InChI=1S/C23H23Cl2N3O/c1-15-4-3-5-16(2)21(15)22(28-20-7-6-18(24)14-19(20)25)23(29)27-13-10-17-8-11-26-12-9-17/h3-9,11-12,14,22,28H,10,13H2,1-2H3,(H,27,29). The summed E-state index contributed by atoms with van der Waals surface area (Å²) in [7, 11) is 0. The zero-order valence-corrected chi connectivity index (χ0v) is 17.9. The predicted molar refractivity (Wildman–Crippen MR) is 120 cm³/mol. The maximum atomic E-state index is 13.2. The molecule has 2 N–H and O–H groups in total. The van der Waals surface area contributed by atoms with Crippen molar-refractivity contribution in [1.29, 1.82) is 0 Å². The van der Waals surface area contributed by atoms with Crippen LogP contribution in [0.4, 0.5) is 5.69 Å². The van der Waals surface area contributed by atoms with Crippen molar-refractivity contribution in [3.8, 4) is 0 Å². The molecular weight excluding hydrogens is 405 g/mol. The lowest BCUT2D eigenvalue weighted by Crippen LogP contribution is -2.35. The van der Waals surface area contributed by atoms with Crippen LogP contribution in [0, 0.1) is 13.8 Å². The Labute approximate surface area is 181 Å². The van der Waals surface area contributed by atoms with Gasteiger partial charge in [0, 0.05) is 24.0 Å². The first kappa shape index (κ1) is 21.2. The second-order valence-corrected chi connectivity index (χ2v) is 7.75. The molecule has 1 aromatic heterocycles. The number of rotatable bonds is 7. The van der Waals surface area contributed by atoms with E-state index in [1.165, 1.54) is 0 Å². The van der Waals surface area contributed by atoms with E-state index in [4.69, 9.17) is 23.2 Å². The van der Waals surface area contributed by atoms with Gasteiger partial charge in [-0.3, -0.25) is 9.78 Å². The average molecular weight is 428 g/mol. The molecule has 29 heavy (non-hydrogen) atoms. The highest BCUT2D eigenvalue weighted by molar-refractivity contribution is 6.36. The van der Waals surface area contributed by atoms with Crippen LogP contribution in [0.3, 0.4) is 0 Å². The number of hydrogen-bond acceptors (Lipinski definition) is 3. The van der Waals surface area contributed by atoms with Crippen LogP contribution in [0.2, 0.25) is 10.0 Å². The highest BCUT2D eigenvalue weighted by Gasteiger charge is 2.24. The van der Waals surface area contributed by atoms with Gasteiger partial charge >= 0.3 is 0 Å². The summed E-state index contributed by atoms with van der Waals surface area (Å²) in [6, 6.07) is 14.5. The Balaban J connectivity index is 1.83. The van der Waals surface area contributed by atoms with Crippen molar-refractivity contribution in [3.63, 3.8) is 0 Å². The third-order valence-electron chi connectivity index (χ3n) is 4.79. The van der Waals surface area contributed by atoms with Crippen LogP contribution < -0.4 is 10.6 Å². The van der Waals surface area contributed by atoms with E-state index in [0.717, 1.165) is 28.7 Å². The summed E-state index contributed by atoms with van der Waals surface area (Å²) in [6.07, 6.45) is 4.23. The molecular formula is C23H23Cl2N3O. The van der Waals surface area contributed by atoms with E-state index in [1.807, 2.05) is 44.2 Å². The van der Waals surface area contributed by atoms with Crippen molar-refractivity contribution in [2.75, 3.05) is 11.9 Å². The summed E-state index contributed by atoms with van der Waals surface area (Å²) >= 11 is 12.4. The molecule has 6 heteroatoms. The molecule has 1 atom stereocenters. The van der Waals surface area contributed by atoms with Crippen molar-refractivity contribution in [2.24, 2.45) is 0 Å². The second kappa shape index (κ2) is 9.77. The van der Waals surface area contributed by atoms with Crippen molar-refractivity contribution >= 4 is 34.8 Å². The third kappa shape index (κ3) is 5.49. The maximum Gasteiger partial charge on any atom is 0.247 e. The monoisotopic (exact) mass is 427 g/mol. The first-order chi connectivity index (χ1) is 14.0. The molecule has 150 valence electrons. The number of aryl methyl sites for hydroxylation is 2. The molecule has 3 aromatic rings. The lowest BCUT2D eigenvalue weighted by atomic mass is 9.95. The Hall–Kier alpha value is -2.56. The van der Waals surface area contributed by atoms with Crippen LogP contribution in [0.15, 0.2) is 60.9 Å². The van der Waals surface area contributed by atoms with Gasteiger partial charge in [0.15, 0.2) is 0 Å². The van der Waals surface area contributed by atoms with Gasteiger partial charge in [0.25, 0.3) is 0 Å². The summed E-state index contributed by atoms with van der Waals surface area (Å²) in [6.45, 7) is 4.54. The minimum atomic E-state index is -0.577. The average Bonchev–Trinajstić information content (AvgIpc) is 2.69. The topological polar surface area (TPSA) is 54.0 Å². The highest BCUT2D eigenvalue weighted by Crippen LogP contribution is 2.31. The van der Waals surface area contributed by atoms with E-state index in [9.17, 15) is 4.79 Å². The quantitative estimate of drug-likeness (QED) is 0.521. The van der Waals surface area contributed by atoms with Crippen LogP contribution in [0.1, 0.15) is 28.3 Å². The van der Waals surface area contributed by atoms with Crippen LogP contribution in [0.25, 0.3) is 0 Å². The minimum absolute atomic E-state index is 0.109. The number of carbonyl (C=O) groups excluding carboxylic acids is 1. The van der Waals surface area contributed by atoms with E-state index in [-0.39, 0.29) is 5.91 Å². The van der Waals surface area contributed by atoms with Crippen molar-refractivity contribution in [2.45, 2.75) is 26.3 Å². The number of benzene rings is 2. The fourth-order valence-electron chi connectivity index (χ4n) is 3.30. The van der Waals surface area contributed by atoms with E-state index in [2.05, 4.69) is 15.6 Å². The summed E-state index contributed by atoms with van der Waals surface area (Å²) in [5.74, 6) is -0.109. The molecule has 0 aliphatic carbocycles. The molecule has 4 nitrogen and oxygen atoms in total. The first-order valence-corrected chi connectivity index (χ1v) is 10.2. The maximum absolute atomic E-state index is 13.2. The number of pyridine rings is 1. The van der Waals surface area contributed by atoms with E-state index in [0.29, 0.717) is 22.3 Å². The molecule has 0 aliphatic rings. The molecule has 0 saturated heterocycles. The number of halogens is 2. The molecule has 3 rings (SSSR count). The lowest BCUT2D eigenvalue weighted by molar-refractivity contribution is -0.121. The zero-order valence-electron chi connectivity index (χ0n) is 16.4. The second-order valence-electron chi connectivity index (χ2n) is 6.90. The van der Waals surface area contributed by atoms with Gasteiger partial charge in [0.1, 0.15) is 6.04 Å². The van der Waals surface area contributed by atoms with Gasteiger partial charge in [0.2, 0.25) is 5.91 Å². The van der Waals surface area contributed by atoms with E-state index < -0.39 is 6.04 Å². The van der Waals surface area contributed by atoms with Crippen LogP contribution in [0.5, 0.6) is 0 Å². The van der Waals surface area contributed by atoms with Gasteiger partial charge in [-0.05, 0) is 72.9 Å². The summed E-state index contributed by atoms with van der Waals surface area (Å²) in [4.78, 5) is 17.2. The molecule has 0 fully saturated rings.